The van der Waals surface area contributed by atoms with E-state index in [9.17, 15) is 27.6 Å². The van der Waals surface area contributed by atoms with Crippen LogP contribution in [0.2, 0.25) is 0 Å². The lowest BCUT2D eigenvalue weighted by Gasteiger charge is -2.26. The van der Waals surface area contributed by atoms with E-state index in [1.165, 1.54) is 18.2 Å². The molecular formula is C19H11F3N2O5. The third kappa shape index (κ3) is 3.40. The van der Waals surface area contributed by atoms with Crippen molar-refractivity contribution in [3.8, 4) is 11.5 Å². The molecule has 0 unspecified atom stereocenters. The predicted octanol–water partition coefficient (Wildman–Crippen LogP) is 3.10. The molecule has 0 radical (unpaired) electrons. The first-order valence-electron chi connectivity index (χ1n) is 8.22. The molecule has 0 atom stereocenters. The zero-order valence-electron chi connectivity index (χ0n) is 14.4. The zero-order chi connectivity index (χ0) is 20.8. The SMILES string of the molecule is O=C1NC(=O)N(c2cccc(C(F)(F)F)c2)C(=O)/C1=C/c1ccc2c(c1)OCO2. The molecule has 148 valence electrons. The summed E-state index contributed by atoms with van der Waals surface area (Å²) in [5, 5.41) is 1.96. The van der Waals surface area contributed by atoms with Gasteiger partial charge in [-0.2, -0.15) is 13.2 Å². The number of nitrogens with one attached hydrogen (secondary N) is 1. The number of imide groups is 2. The molecule has 1 fully saturated rings. The van der Waals surface area contributed by atoms with Gasteiger partial charge in [-0.05, 0) is 42.0 Å². The Balaban J connectivity index is 1.71. The number of carbonyl (C=O) groups excluding carboxylic acids is 3. The molecular weight excluding hydrogens is 393 g/mol. The summed E-state index contributed by atoms with van der Waals surface area (Å²) in [5.74, 6) is -1.10. The Morgan fingerprint density at radius 2 is 1.76 bits per heavy atom. The molecule has 2 heterocycles. The highest BCUT2D eigenvalue weighted by Gasteiger charge is 2.38. The van der Waals surface area contributed by atoms with Crippen LogP contribution in [-0.4, -0.2) is 24.6 Å². The van der Waals surface area contributed by atoms with Crippen LogP contribution in [0.4, 0.5) is 23.7 Å². The number of anilines is 1. The molecule has 4 amide bonds. The summed E-state index contributed by atoms with van der Waals surface area (Å²) in [6.07, 6.45) is -3.45. The van der Waals surface area contributed by atoms with E-state index in [1.54, 1.807) is 12.1 Å². The van der Waals surface area contributed by atoms with Gasteiger partial charge in [0.15, 0.2) is 11.5 Å². The first-order valence-corrected chi connectivity index (χ1v) is 8.22. The van der Waals surface area contributed by atoms with Crippen molar-refractivity contribution in [2.45, 2.75) is 6.18 Å². The van der Waals surface area contributed by atoms with Gasteiger partial charge in [-0.15, -0.1) is 0 Å². The van der Waals surface area contributed by atoms with Gasteiger partial charge < -0.3 is 9.47 Å². The van der Waals surface area contributed by atoms with Crippen molar-refractivity contribution in [3.05, 3.63) is 59.2 Å². The van der Waals surface area contributed by atoms with Crippen LogP contribution in [0.1, 0.15) is 11.1 Å². The summed E-state index contributed by atoms with van der Waals surface area (Å²) in [7, 11) is 0. The number of ether oxygens (including phenoxy) is 2. The number of nitrogens with zero attached hydrogens (tertiary/aromatic N) is 1. The predicted molar refractivity (Wildman–Crippen MR) is 93.0 cm³/mol. The fourth-order valence-electron chi connectivity index (χ4n) is 2.88. The molecule has 29 heavy (non-hydrogen) atoms. The molecule has 10 heteroatoms. The second-order valence-corrected chi connectivity index (χ2v) is 6.12. The molecule has 2 aromatic rings. The summed E-state index contributed by atoms with van der Waals surface area (Å²) in [6.45, 7) is 0.0343. The van der Waals surface area contributed by atoms with Crippen molar-refractivity contribution in [2.75, 3.05) is 11.7 Å². The van der Waals surface area contributed by atoms with E-state index in [1.807, 2.05) is 5.32 Å². The van der Waals surface area contributed by atoms with E-state index in [0.29, 0.717) is 28.0 Å². The minimum Gasteiger partial charge on any atom is -0.454 e. The van der Waals surface area contributed by atoms with Gasteiger partial charge in [-0.3, -0.25) is 14.9 Å². The van der Waals surface area contributed by atoms with Crippen LogP contribution >= 0.6 is 0 Å². The number of hydrogen-bond donors (Lipinski definition) is 1. The number of hydrogen-bond acceptors (Lipinski definition) is 5. The first kappa shape index (κ1) is 18.5. The number of halogens is 3. The lowest BCUT2D eigenvalue weighted by atomic mass is 10.1. The monoisotopic (exact) mass is 404 g/mol. The van der Waals surface area contributed by atoms with Crippen molar-refractivity contribution < 1.29 is 37.0 Å². The Hall–Kier alpha value is -3.82. The fourth-order valence-corrected chi connectivity index (χ4v) is 2.88. The lowest BCUT2D eigenvalue weighted by Crippen LogP contribution is -2.54. The van der Waals surface area contributed by atoms with Crippen molar-refractivity contribution in [1.29, 1.82) is 0 Å². The van der Waals surface area contributed by atoms with Crippen LogP contribution in [0.5, 0.6) is 11.5 Å². The first-order chi connectivity index (χ1) is 13.7. The molecule has 2 aliphatic rings. The standard InChI is InChI=1S/C19H11F3N2O5/c20-19(21,22)11-2-1-3-12(8-11)24-17(26)13(16(25)23-18(24)27)6-10-4-5-14-15(7-10)29-9-28-14/h1-8H,9H2,(H,23,25,27)/b13-6+. The number of barbiturate groups is 1. The maximum atomic E-state index is 13.0. The molecule has 1 N–H and O–H groups in total. The zero-order valence-corrected chi connectivity index (χ0v) is 14.4. The Morgan fingerprint density at radius 3 is 2.52 bits per heavy atom. The number of carbonyl (C=O) groups is 3. The Labute approximate surface area is 161 Å². The minimum absolute atomic E-state index is 0.0343. The van der Waals surface area contributed by atoms with Crippen LogP contribution in [0.15, 0.2) is 48.0 Å². The Morgan fingerprint density at radius 1 is 1.00 bits per heavy atom. The Kier molecular flexibility index (Phi) is 4.26. The normalized spacial score (nSPS) is 17.7. The van der Waals surface area contributed by atoms with Gasteiger partial charge in [0, 0.05) is 0 Å². The van der Waals surface area contributed by atoms with E-state index >= 15 is 0 Å². The second-order valence-electron chi connectivity index (χ2n) is 6.12. The topological polar surface area (TPSA) is 84.9 Å². The summed E-state index contributed by atoms with van der Waals surface area (Å²) in [4.78, 5) is 37.6. The number of benzene rings is 2. The van der Waals surface area contributed by atoms with Crippen molar-refractivity contribution in [3.63, 3.8) is 0 Å². The molecule has 0 spiro atoms. The molecule has 2 aliphatic heterocycles. The van der Waals surface area contributed by atoms with E-state index in [-0.39, 0.29) is 12.5 Å². The second kappa shape index (κ2) is 6.66. The number of rotatable bonds is 2. The van der Waals surface area contributed by atoms with Gasteiger partial charge in [0.05, 0.1) is 11.3 Å². The lowest BCUT2D eigenvalue weighted by molar-refractivity contribution is -0.137. The van der Waals surface area contributed by atoms with E-state index in [0.717, 1.165) is 12.1 Å². The summed E-state index contributed by atoms with van der Waals surface area (Å²) >= 11 is 0. The van der Waals surface area contributed by atoms with Gasteiger partial charge >= 0.3 is 12.2 Å². The van der Waals surface area contributed by atoms with Crippen LogP contribution in [0.25, 0.3) is 6.08 Å². The van der Waals surface area contributed by atoms with Gasteiger partial charge in [-0.1, -0.05) is 12.1 Å². The maximum absolute atomic E-state index is 13.0. The van der Waals surface area contributed by atoms with Crippen molar-refractivity contribution in [1.82, 2.24) is 5.32 Å². The highest BCUT2D eigenvalue weighted by molar-refractivity contribution is 6.39. The van der Waals surface area contributed by atoms with Gasteiger partial charge in [0.25, 0.3) is 11.8 Å². The average Bonchev–Trinajstić information content (AvgIpc) is 3.12. The number of alkyl halides is 3. The molecule has 0 aliphatic carbocycles. The van der Waals surface area contributed by atoms with Gasteiger partial charge in [0.1, 0.15) is 5.57 Å². The van der Waals surface area contributed by atoms with Crippen LogP contribution in [0, 0.1) is 0 Å². The molecule has 2 aromatic carbocycles. The third-order valence-electron chi connectivity index (χ3n) is 4.24. The third-order valence-corrected chi connectivity index (χ3v) is 4.24. The van der Waals surface area contributed by atoms with E-state index in [2.05, 4.69) is 0 Å². The summed E-state index contributed by atoms with van der Waals surface area (Å²) < 4.78 is 49.3. The molecule has 0 saturated carbocycles. The minimum atomic E-state index is -4.66. The number of urea groups is 1. The maximum Gasteiger partial charge on any atom is 0.416 e. The molecule has 4 rings (SSSR count). The summed E-state index contributed by atoms with van der Waals surface area (Å²) in [5.41, 5.74) is -1.35. The molecule has 0 aromatic heterocycles. The van der Waals surface area contributed by atoms with Crippen molar-refractivity contribution >= 4 is 29.6 Å². The molecule has 1 saturated heterocycles. The highest BCUT2D eigenvalue weighted by atomic mass is 19.4. The van der Waals surface area contributed by atoms with E-state index < -0.39 is 35.2 Å². The van der Waals surface area contributed by atoms with Crippen LogP contribution in [0.3, 0.4) is 0 Å². The van der Waals surface area contributed by atoms with Gasteiger partial charge in [0.2, 0.25) is 6.79 Å². The molecule has 0 bridgehead atoms. The van der Waals surface area contributed by atoms with Crippen molar-refractivity contribution in [2.24, 2.45) is 0 Å². The van der Waals surface area contributed by atoms with E-state index in [4.69, 9.17) is 9.47 Å². The number of amides is 4. The number of fused-ring (bicyclic) bond motifs is 1. The fraction of sp³-hybridized carbons (Fsp3) is 0.105. The van der Waals surface area contributed by atoms with Gasteiger partial charge in [-0.25, -0.2) is 9.69 Å². The Bertz CT molecular complexity index is 1080. The largest absolute Gasteiger partial charge is 0.454 e. The quantitative estimate of drug-likeness (QED) is 0.614. The van der Waals surface area contributed by atoms with Crippen LogP contribution < -0.4 is 19.7 Å². The smallest absolute Gasteiger partial charge is 0.416 e. The van der Waals surface area contributed by atoms with Crippen LogP contribution in [-0.2, 0) is 15.8 Å². The summed E-state index contributed by atoms with van der Waals surface area (Å²) in [6, 6.07) is 7.23. The average molecular weight is 404 g/mol. The molecule has 7 nitrogen and oxygen atoms in total. The highest BCUT2D eigenvalue weighted by Crippen LogP contribution is 2.34.